The van der Waals surface area contributed by atoms with Crippen molar-refractivity contribution in [1.82, 2.24) is 0 Å². The zero-order valence-corrected chi connectivity index (χ0v) is 15.1. The minimum atomic E-state index is -0.705. The Balaban J connectivity index is 3.20. The highest BCUT2D eigenvalue weighted by molar-refractivity contribution is 5.49. The summed E-state index contributed by atoms with van der Waals surface area (Å²) in [5, 5.41) is 19.9. The third-order valence-corrected chi connectivity index (χ3v) is 4.26. The van der Waals surface area contributed by atoms with E-state index in [1.807, 2.05) is 6.92 Å². The van der Waals surface area contributed by atoms with Gasteiger partial charge >= 0.3 is 0 Å². The van der Waals surface area contributed by atoms with Gasteiger partial charge in [-0.15, -0.1) is 0 Å². The van der Waals surface area contributed by atoms with Crippen LogP contribution in [0.1, 0.15) is 70.1 Å². The summed E-state index contributed by atoms with van der Waals surface area (Å²) in [7, 11) is 1.70. The van der Waals surface area contributed by atoms with Crippen LogP contribution < -0.4 is 4.74 Å². The van der Waals surface area contributed by atoms with E-state index in [0.29, 0.717) is 12.8 Å². The van der Waals surface area contributed by atoms with E-state index < -0.39 is 12.2 Å². The minimum Gasteiger partial charge on any atom is -0.496 e. The molecule has 0 amide bonds. The van der Waals surface area contributed by atoms with Gasteiger partial charge in [-0.05, 0) is 36.7 Å². The van der Waals surface area contributed by atoms with Crippen molar-refractivity contribution in [2.75, 3.05) is 7.11 Å². The van der Waals surface area contributed by atoms with Crippen molar-refractivity contribution < 1.29 is 14.9 Å². The Kier molecular flexibility index (Phi) is 6.45. The second-order valence-corrected chi connectivity index (χ2v) is 7.36. The Labute approximate surface area is 135 Å². The molecule has 3 heteroatoms. The molecule has 3 unspecified atom stereocenters. The van der Waals surface area contributed by atoms with Crippen LogP contribution in [0, 0.1) is 6.92 Å². The van der Waals surface area contributed by atoms with Crippen molar-refractivity contribution in [2.24, 2.45) is 0 Å². The molecule has 126 valence electrons. The molecule has 0 aliphatic rings. The maximum atomic E-state index is 10.1. The molecule has 22 heavy (non-hydrogen) atoms. The number of rotatable bonds is 6. The standard InChI is InChI=1S/C19H32O3/c1-8-16(20)17(21)11-13(3)14-9-12(2)10-15(18(14)22-7)19(4,5)6/h9-10,13,16-17,20-21H,8,11H2,1-7H3. The first-order chi connectivity index (χ1) is 10.1. The molecule has 0 fully saturated rings. The summed E-state index contributed by atoms with van der Waals surface area (Å²) in [5.41, 5.74) is 3.48. The molecule has 0 bridgehead atoms. The molecule has 0 heterocycles. The summed E-state index contributed by atoms with van der Waals surface area (Å²) >= 11 is 0. The summed E-state index contributed by atoms with van der Waals surface area (Å²) in [6, 6.07) is 4.30. The van der Waals surface area contributed by atoms with E-state index in [0.717, 1.165) is 11.3 Å². The second kappa shape index (κ2) is 7.47. The van der Waals surface area contributed by atoms with Gasteiger partial charge in [0.25, 0.3) is 0 Å². The van der Waals surface area contributed by atoms with E-state index in [1.165, 1.54) is 11.1 Å². The van der Waals surface area contributed by atoms with Crippen LogP contribution in [0.4, 0.5) is 0 Å². The molecule has 0 aliphatic heterocycles. The quantitative estimate of drug-likeness (QED) is 0.837. The molecule has 0 radical (unpaired) electrons. The van der Waals surface area contributed by atoms with Gasteiger partial charge in [0.1, 0.15) is 5.75 Å². The molecule has 0 saturated heterocycles. The summed E-state index contributed by atoms with van der Waals surface area (Å²) in [6.07, 6.45) is -0.284. The number of aryl methyl sites for hydroxylation is 1. The summed E-state index contributed by atoms with van der Waals surface area (Å²) < 4.78 is 5.70. The first kappa shape index (κ1) is 19.0. The van der Waals surface area contributed by atoms with Crippen LogP contribution in [-0.2, 0) is 5.41 Å². The molecule has 1 rings (SSSR count). The van der Waals surface area contributed by atoms with Crippen LogP contribution in [0.15, 0.2) is 12.1 Å². The van der Waals surface area contributed by atoms with E-state index in [2.05, 4.69) is 46.8 Å². The van der Waals surface area contributed by atoms with E-state index >= 15 is 0 Å². The van der Waals surface area contributed by atoms with E-state index in [4.69, 9.17) is 4.74 Å². The number of ether oxygens (including phenoxy) is 1. The average molecular weight is 308 g/mol. The molecule has 3 atom stereocenters. The third-order valence-electron chi connectivity index (χ3n) is 4.26. The van der Waals surface area contributed by atoms with Gasteiger partial charge in [0.2, 0.25) is 0 Å². The first-order valence-corrected chi connectivity index (χ1v) is 8.16. The first-order valence-electron chi connectivity index (χ1n) is 8.16. The SMILES string of the molecule is CCC(O)C(O)CC(C)c1cc(C)cc(C(C)(C)C)c1OC. The maximum Gasteiger partial charge on any atom is 0.126 e. The summed E-state index contributed by atoms with van der Waals surface area (Å²) in [6.45, 7) is 12.6. The number of hydrogen-bond acceptors (Lipinski definition) is 3. The topological polar surface area (TPSA) is 49.7 Å². The molecule has 0 aromatic heterocycles. The molecule has 1 aromatic rings. The predicted molar refractivity (Wildman–Crippen MR) is 91.8 cm³/mol. The van der Waals surface area contributed by atoms with Crippen LogP contribution >= 0.6 is 0 Å². The maximum absolute atomic E-state index is 10.1. The lowest BCUT2D eigenvalue weighted by Crippen LogP contribution is -2.26. The van der Waals surface area contributed by atoms with Crippen molar-refractivity contribution in [3.63, 3.8) is 0 Å². The smallest absolute Gasteiger partial charge is 0.126 e. The number of hydrogen-bond donors (Lipinski definition) is 2. The summed E-state index contributed by atoms with van der Waals surface area (Å²) in [5.74, 6) is 1.02. The molecular formula is C19H32O3. The van der Waals surface area contributed by atoms with E-state index in [9.17, 15) is 10.2 Å². The number of benzene rings is 1. The van der Waals surface area contributed by atoms with Gasteiger partial charge in [0, 0.05) is 5.56 Å². The lowest BCUT2D eigenvalue weighted by atomic mass is 9.81. The van der Waals surface area contributed by atoms with Crippen molar-refractivity contribution >= 4 is 0 Å². The van der Waals surface area contributed by atoms with Crippen LogP contribution in [0.3, 0.4) is 0 Å². The van der Waals surface area contributed by atoms with Gasteiger partial charge in [0.15, 0.2) is 0 Å². The molecule has 0 saturated carbocycles. The van der Waals surface area contributed by atoms with Crippen molar-refractivity contribution in [1.29, 1.82) is 0 Å². The summed E-state index contributed by atoms with van der Waals surface area (Å²) in [4.78, 5) is 0. The van der Waals surface area contributed by atoms with Crippen molar-refractivity contribution in [2.45, 2.75) is 77.9 Å². The van der Waals surface area contributed by atoms with Gasteiger partial charge < -0.3 is 14.9 Å². The van der Waals surface area contributed by atoms with E-state index in [-0.39, 0.29) is 11.3 Å². The third kappa shape index (κ3) is 4.47. The Hall–Kier alpha value is -1.06. The largest absolute Gasteiger partial charge is 0.496 e. The zero-order chi connectivity index (χ0) is 17.1. The van der Waals surface area contributed by atoms with Crippen LogP contribution in [0.25, 0.3) is 0 Å². The van der Waals surface area contributed by atoms with Crippen molar-refractivity contribution in [3.05, 3.63) is 28.8 Å². The van der Waals surface area contributed by atoms with Gasteiger partial charge in [0.05, 0.1) is 19.3 Å². The molecule has 0 aliphatic carbocycles. The predicted octanol–water partition coefficient (Wildman–Crippen LogP) is 3.93. The molecule has 1 aromatic carbocycles. The van der Waals surface area contributed by atoms with Gasteiger partial charge in [-0.1, -0.05) is 52.3 Å². The van der Waals surface area contributed by atoms with Crippen LogP contribution in [0.2, 0.25) is 0 Å². The Morgan fingerprint density at radius 2 is 1.73 bits per heavy atom. The monoisotopic (exact) mass is 308 g/mol. The fraction of sp³-hybridized carbons (Fsp3) is 0.684. The lowest BCUT2D eigenvalue weighted by Gasteiger charge is -2.28. The minimum absolute atomic E-state index is 0.00657. The van der Waals surface area contributed by atoms with Gasteiger partial charge in [-0.25, -0.2) is 0 Å². The van der Waals surface area contributed by atoms with Crippen molar-refractivity contribution in [3.8, 4) is 5.75 Å². The van der Waals surface area contributed by atoms with E-state index in [1.54, 1.807) is 7.11 Å². The highest BCUT2D eigenvalue weighted by atomic mass is 16.5. The second-order valence-electron chi connectivity index (χ2n) is 7.36. The van der Waals surface area contributed by atoms with Gasteiger partial charge in [-0.3, -0.25) is 0 Å². The fourth-order valence-corrected chi connectivity index (χ4v) is 2.87. The molecular weight excluding hydrogens is 276 g/mol. The molecule has 0 spiro atoms. The van der Waals surface area contributed by atoms with Gasteiger partial charge in [-0.2, -0.15) is 0 Å². The average Bonchev–Trinajstić information content (AvgIpc) is 2.44. The highest BCUT2D eigenvalue weighted by Crippen LogP contribution is 2.39. The normalized spacial score (nSPS) is 16.2. The number of aliphatic hydroxyl groups is 2. The molecule has 2 N–H and O–H groups in total. The fourth-order valence-electron chi connectivity index (χ4n) is 2.87. The lowest BCUT2D eigenvalue weighted by molar-refractivity contribution is 0.00942. The Morgan fingerprint density at radius 3 is 2.18 bits per heavy atom. The highest BCUT2D eigenvalue weighted by Gasteiger charge is 2.26. The van der Waals surface area contributed by atoms with Crippen LogP contribution in [0.5, 0.6) is 5.75 Å². The number of methoxy groups -OCH3 is 1. The molecule has 3 nitrogen and oxygen atoms in total. The Morgan fingerprint density at radius 1 is 1.14 bits per heavy atom. The van der Waals surface area contributed by atoms with Crippen LogP contribution in [-0.4, -0.2) is 29.5 Å². The number of aliphatic hydroxyl groups excluding tert-OH is 2. The Bertz CT molecular complexity index is 488. The zero-order valence-electron chi connectivity index (χ0n) is 15.1.